The Bertz CT molecular complexity index is 885. The maximum atomic E-state index is 12.6. The van der Waals surface area contributed by atoms with E-state index >= 15 is 0 Å². The Balaban J connectivity index is 2.09. The second kappa shape index (κ2) is 7.40. The van der Waals surface area contributed by atoms with Crippen molar-refractivity contribution in [3.63, 3.8) is 0 Å². The van der Waals surface area contributed by atoms with Crippen LogP contribution >= 0.6 is 0 Å². The smallest absolute Gasteiger partial charge is 0.197 e. The quantitative estimate of drug-likeness (QED) is 0.444. The fourth-order valence-corrected chi connectivity index (χ4v) is 3.10. The summed E-state index contributed by atoms with van der Waals surface area (Å²) in [6.45, 7) is 6.19. The van der Waals surface area contributed by atoms with E-state index in [2.05, 4.69) is 6.58 Å². The van der Waals surface area contributed by atoms with Gasteiger partial charge in [-0.25, -0.2) is 0 Å². The number of hydrogen-bond acceptors (Lipinski definition) is 4. The maximum absolute atomic E-state index is 12.6. The summed E-state index contributed by atoms with van der Waals surface area (Å²) < 4.78 is 11.1. The van der Waals surface area contributed by atoms with Crippen LogP contribution in [-0.2, 0) is 6.42 Å². The lowest BCUT2D eigenvalue weighted by atomic mass is 10.0. The molecule has 2 aromatic rings. The zero-order valence-electron chi connectivity index (χ0n) is 14.9. The van der Waals surface area contributed by atoms with Crippen LogP contribution in [0.15, 0.2) is 54.6 Å². The van der Waals surface area contributed by atoms with E-state index in [0.717, 1.165) is 5.56 Å². The van der Waals surface area contributed by atoms with E-state index in [1.165, 1.54) is 0 Å². The molecule has 0 atom stereocenters. The highest BCUT2D eigenvalue weighted by atomic mass is 16.5. The number of methoxy groups -OCH3 is 1. The van der Waals surface area contributed by atoms with E-state index in [4.69, 9.17) is 9.47 Å². The van der Waals surface area contributed by atoms with Gasteiger partial charge in [-0.3, -0.25) is 9.59 Å². The van der Waals surface area contributed by atoms with Gasteiger partial charge in [0, 0.05) is 16.7 Å². The Morgan fingerprint density at radius 2 is 1.73 bits per heavy atom. The number of benzene rings is 2. The van der Waals surface area contributed by atoms with Crippen LogP contribution in [0.4, 0.5) is 0 Å². The molecular formula is C22H20O4. The average molecular weight is 348 g/mol. The summed E-state index contributed by atoms with van der Waals surface area (Å²) in [5.41, 5.74) is 2.68. The van der Waals surface area contributed by atoms with E-state index in [-0.39, 0.29) is 17.1 Å². The van der Waals surface area contributed by atoms with Crippen molar-refractivity contribution in [2.24, 2.45) is 0 Å². The van der Waals surface area contributed by atoms with Crippen LogP contribution in [-0.4, -0.2) is 25.3 Å². The molecule has 0 aromatic heterocycles. The average Bonchev–Trinajstić information content (AvgIpc) is 2.89. The Morgan fingerprint density at radius 3 is 2.27 bits per heavy atom. The van der Waals surface area contributed by atoms with Crippen molar-refractivity contribution in [1.29, 1.82) is 0 Å². The fourth-order valence-electron chi connectivity index (χ4n) is 3.10. The molecule has 0 aliphatic heterocycles. The summed E-state index contributed by atoms with van der Waals surface area (Å²) in [6, 6.07) is 10.5. The van der Waals surface area contributed by atoms with Gasteiger partial charge in [0.25, 0.3) is 0 Å². The molecule has 0 saturated heterocycles. The van der Waals surface area contributed by atoms with Crippen molar-refractivity contribution in [3.05, 3.63) is 76.9 Å². The molecule has 0 unspecified atom stereocenters. The lowest BCUT2D eigenvalue weighted by molar-refractivity contribution is 0.0990. The largest absolute Gasteiger partial charge is 0.493 e. The van der Waals surface area contributed by atoms with Crippen LogP contribution < -0.4 is 9.47 Å². The summed E-state index contributed by atoms with van der Waals surface area (Å²) in [6.07, 6.45) is 3.98. The number of carbonyl (C=O) groups excluding carboxylic acids is 2. The third kappa shape index (κ3) is 3.06. The van der Waals surface area contributed by atoms with Gasteiger partial charge in [-0.1, -0.05) is 30.3 Å². The Kier molecular flexibility index (Phi) is 5.03. The molecule has 0 saturated carbocycles. The highest BCUT2D eigenvalue weighted by molar-refractivity contribution is 6.41. The second-order valence-corrected chi connectivity index (χ2v) is 5.90. The molecule has 1 aliphatic carbocycles. The zero-order valence-corrected chi connectivity index (χ0v) is 14.9. The molecule has 2 aromatic carbocycles. The summed E-state index contributed by atoms with van der Waals surface area (Å²) in [7, 11) is 1.56. The molecular weight excluding hydrogens is 328 g/mol. The molecule has 0 N–H and O–H groups in total. The van der Waals surface area contributed by atoms with Gasteiger partial charge >= 0.3 is 0 Å². The maximum Gasteiger partial charge on any atom is 0.197 e. The second-order valence-electron chi connectivity index (χ2n) is 5.90. The first kappa shape index (κ1) is 17.7. The third-order valence-electron chi connectivity index (χ3n) is 4.24. The van der Waals surface area contributed by atoms with Crippen molar-refractivity contribution < 1.29 is 19.1 Å². The van der Waals surface area contributed by atoms with E-state index in [0.29, 0.717) is 41.2 Å². The minimum Gasteiger partial charge on any atom is -0.493 e. The number of ketones is 2. The van der Waals surface area contributed by atoms with E-state index in [9.17, 15) is 9.59 Å². The van der Waals surface area contributed by atoms with Crippen LogP contribution in [0, 0.1) is 0 Å². The zero-order chi connectivity index (χ0) is 18.7. The number of Topliss-reactive ketones (excluding diaryl/α,β-unsaturated/α-hetero) is 2. The molecule has 3 rings (SSSR count). The lowest BCUT2D eigenvalue weighted by Gasteiger charge is -2.15. The van der Waals surface area contributed by atoms with Crippen LogP contribution in [0.1, 0.15) is 38.8 Å². The van der Waals surface area contributed by atoms with Gasteiger partial charge in [-0.2, -0.15) is 0 Å². The molecule has 4 nitrogen and oxygen atoms in total. The van der Waals surface area contributed by atoms with Crippen molar-refractivity contribution in [3.8, 4) is 11.5 Å². The molecule has 0 spiro atoms. The highest BCUT2D eigenvalue weighted by Gasteiger charge is 2.32. The SMILES string of the molecule is C=CCc1cc(C=C2C(=O)c3ccccc3C2=O)cc(OC)c1OCC. The van der Waals surface area contributed by atoms with Gasteiger partial charge in [0.15, 0.2) is 23.1 Å². The molecule has 0 amide bonds. The van der Waals surface area contributed by atoms with Gasteiger partial charge in [-0.05, 0) is 37.1 Å². The predicted octanol–water partition coefficient (Wildman–Crippen LogP) is 4.29. The van der Waals surface area contributed by atoms with Gasteiger partial charge in [-0.15, -0.1) is 6.58 Å². The number of allylic oxidation sites excluding steroid dienone is 2. The highest BCUT2D eigenvalue weighted by Crippen LogP contribution is 2.35. The topological polar surface area (TPSA) is 52.6 Å². The van der Waals surface area contributed by atoms with E-state index in [1.54, 1.807) is 49.6 Å². The van der Waals surface area contributed by atoms with Crippen LogP contribution in [0.3, 0.4) is 0 Å². The Labute approximate surface area is 152 Å². The van der Waals surface area contributed by atoms with Crippen molar-refractivity contribution in [2.75, 3.05) is 13.7 Å². The number of carbonyl (C=O) groups is 2. The fraction of sp³-hybridized carbons (Fsp3) is 0.182. The number of hydrogen-bond donors (Lipinski definition) is 0. The van der Waals surface area contributed by atoms with E-state index < -0.39 is 0 Å². The molecule has 0 fully saturated rings. The summed E-state index contributed by atoms with van der Waals surface area (Å²) in [5, 5.41) is 0. The standard InChI is InChI=1S/C22H20O4/c1-4-8-15-11-14(13-19(25-3)22(15)26-5-2)12-18-20(23)16-9-6-7-10-17(16)21(18)24/h4,6-7,9-13H,1,5,8H2,2-3H3. The minimum absolute atomic E-state index is 0.168. The van der Waals surface area contributed by atoms with Gasteiger partial charge in [0.2, 0.25) is 0 Å². The molecule has 1 aliphatic rings. The summed E-state index contributed by atoms with van der Waals surface area (Å²) in [5.74, 6) is 0.727. The number of fused-ring (bicyclic) bond motifs is 1. The van der Waals surface area contributed by atoms with Gasteiger partial charge < -0.3 is 9.47 Å². The third-order valence-corrected chi connectivity index (χ3v) is 4.24. The van der Waals surface area contributed by atoms with Gasteiger partial charge in [0.1, 0.15) is 0 Å². The normalized spacial score (nSPS) is 12.8. The Morgan fingerprint density at radius 1 is 1.08 bits per heavy atom. The van der Waals surface area contributed by atoms with Crippen molar-refractivity contribution >= 4 is 17.6 Å². The predicted molar refractivity (Wildman–Crippen MR) is 101 cm³/mol. The molecule has 26 heavy (non-hydrogen) atoms. The Hall–Kier alpha value is -3.14. The summed E-state index contributed by atoms with van der Waals surface area (Å²) in [4.78, 5) is 25.2. The van der Waals surface area contributed by atoms with Crippen LogP contribution in [0.5, 0.6) is 11.5 Å². The molecule has 0 bridgehead atoms. The summed E-state index contributed by atoms with van der Waals surface area (Å²) >= 11 is 0. The van der Waals surface area contributed by atoms with E-state index in [1.807, 2.05) is 13.0 Å². The molecule has 0 heterocycles. The van der Waals surface area contributed by atoms with Gasteiger partial charge in [0.05, 0.1) is 19.3 Å². The monoisotopic (exact) mass is 348 g/mol. The van der Waals surface area contributed by atoms with Crippen molar-refractivity contribution in [2.45, 2.75) is 13.3 Å². The number of ether oxygens (including phenoxy) is 2. The lowest BCUT2D eigenvalue weighted by Crippen LogP contribution is -2.02. The number of rotatable bonds is 6. The minimum atomic E-state index is -0.247. The first-order valence-electron chi connectivity index (χ1n) is 8.45. The van der Waals surface area contributed by atoms with Crippen LogP contribution in [0.25, 0.3) is 6.08 Å². The first-order chi connectivity index (χ1) is 12.6. The molecule has 0 radical (unpaired) electrons. The van der Waals surface area contributed by atoms with Crippen LogP contribution in [0.2, 0.25) is 0 Å². The molecule has 4 heteroatoms. The first-order valence-corrected chi connectivity index (χ1v) is 8.45. The van der Waals surface area contributed by atoms with Crippen molar-refractivity contribution in [1.82, 2.24) is 0 Å². The molecule has 132 valence electrons.